The standard InChI is InChI=1S/C17H19Cl2N5O2/c1-9(2)16-21-15(17(26)20-10-7-13(25)23(3)8-10)22-24(16)14-11(18)5-4-6-12(14)19/h4-6,9-10H,7-8H2,1-3H3,(H,20,26)/t10-/m1/s1. The number of halogens is 2. The van der Waals surface area contributed by atoms with Crippen LogP contribution in [0, 0.1) is 0 Å². The topological polar surface area (TPSA) is 80.1 Å². The van der Waals surface area contributed by atoms with Crippen molar-refractivity contribution in [2.75, 3.05) is 13.6 Å². The molecule has 26 heavy (non-hydrogen) atoms. The zero-order chi connectivity index (χ0) is 19.0. The lowest BCUT2D eigenvalue weighted by molar-refractivity contribution is -0.126. The molecule has 0 aliphatic carbocycles. The Morgan fingerprint density at radius 3 is 2.50 bits per heavy atom. The first-order chi connectivity index (χ1) is 12.3. The molecule has 138 valence electrons. The van der Waals surface area contributed by atoms with E-state index in [2.05, 4.69) is 15.4 Å². The van der Waals surface area contributed by atoms with Crippen LogP contribution in [-0.4, -0.2) is 51.1 Å². The second-order valence-corrected chi connectivity index (χ2v) is 7.39. The lowest BCUT2D eigenvalue weighted by Crippen LogP contribution is -2.37. The normalized spacial score (nSPS) is 17.2. The van der Waals surface area contributed by atoms with E-state index in [1.54, 1.807) is 30.1 Å². The number of rotatable bonds is 4. The molecule has 1 aliphatic rings. The predicted octanol–water partition coefficient (Wildman–Crippen LogP) is 2.66. The van der Waals surface area contributed by atoms with E-state index in [0.717, 1.165) is 0 Å². The molecule has 3 rings (SSSR count). The Bertz CT molecular complexity index is 845. The minimum absolute atomic E-state index is 0.000456. The molecule has 1 aromatic heterocycles. The van der Waals surface area contributed by atoms with Crippen molar-refractivity contribution in [3.8, 4) is 5.69 Å². The van der Waals surface area contributed by atoms with Crippen molar-refractivity contribution in [2.24, 2.45) is 0 Å². The number of likely N-dealkylation sites (N-methyl/N-ethyl adjacent to an activating group) is 1. The molecule has 1 atom stereocenters. The molecule has 1 fully saturated rings. The SMILES string of the molecule is CC(C)c1nc(C(=O)N[C@@H]2CC(=O)N(C)C2)nn1-c1c(Cl)cccc1Cl. The summed E-state index contributed by atoms with van der Waals surface area (Å²) in [7, 11) is 1.71. The zero-order valence-electron chi connectivity index (χ0n) is 14.7. The molecule has 0 unspecified atom stereocenters. The second-order valence-electron chi connectivity index (χ2n) is 6.58. The van der Waals surface area contributed by atoms with Gasteiger partial charge in [-0.25, -0.2) is 9.67 Å². The molecule has 0 bridgehead atoms. The number of carbonyl (C=O) groups is 2. The number of carbonyl (C=O) groups excluding carboxylic acids is 2. The Labute approximate surface area is 161 Å². The van der Waals surface area contributed by atoms with Gasteiger partial charge in [0.05, 0.1) is 16.1 Å². The van der Waals surface area contributed by atoms with Gasteiger partial charge >= 0.3 is 0 Å². The highest BCUT2D eigenvalue weighted by Crippen LogP contribution is 2.30. The molecule has 7 nitrogen and oxygen atoms in total. The summed E-state index contributed by atoms with van der Waals surface area (Å²) in [5, 5.41) is 7.97. The molecule has 1 N–H and O–H groups in total. The number of amides is 2. The van der Waals surface area contributed by atoms with E-state index < -0.39 is 5.91 Å². The maximum absolute atomic E-state index is 12.6. The maximum atomic E-state index is 12.6. The summed E-state index contributed by atoms with van der Waals surface area (Å²) in [6, 6.07) is 4.89. The summed E-state index contributed by atoms with van der Waals surface area (Å²) in [6.45, 7) is 4.35. The second kappa shape index (κ2) is 7.25. The van der Waals surface area contributed by atoms with Crippen LogP contribution >= 0.6 is 23.2 Å². The summed E-state index contributed by atoms with van der Waals surface area (Å²) in [6.07, 6.45) is 0.274. The largest absolute Gasteiger partial charge is 0.344 e. The van der Waals surface area contributed by atoms with Crippen molar-refractivity contribution >= 4 is 35.0 Å². The van der Waals surface area contributed by atoms with Crippen molar-refractivity contribution < 1.29 is 9.59 Å². The van der Waals surface area contributed by atoms with Crippen molar-refractivity contribution in [3.05, 3.63) is 39.9 Å². The molecule has 2 amide bonds. The molecule has 0 radical (unpaired) electrons. The van der Waals surface area contributed by atoms with Crippen LogP contribution in [0.4, 0.5) is 0 Å². The van der Waals surface area contributed by atoms with Gasteiger partial charge < -0.3 is 10.2 Å². The van der Waals surface area contributed by atoms with E-state index in [1.165, 1.54) is 4.68 Å². The van der Waals surface area contributed by atoms with Crippen LogP contribution < -0.4 is 5.32 Å². The van der Waals surface area contributed by atoms with Crippen molar-refractivity contribution in [1.82, 2.24) is 25.0 Å². The fourth-order valence-electron chi connectivity index (χ4n) is 2.86. The summed E-state index contributed by atoms with van der Waals surface area (Å²) in [5.74, 6) is 0.161. The minimum atomic E-state index is -0.429. The zero-order valence-corrected chi connectivity index (χ0v) is 16.2. The van der Waals surface area contributed by atoms with Gasteiger partial charge in [-0.3, -0.25) is 9.59 Å². The maximum Gasteiger partial charge on any atom is 0.291 e. The molecule has 2 aromatic rings. The molecule has 0 saturated carbocycles. The molecule has 9 heteroatoms. The van der Waals surface area contributed by atoms with Gasteiger partial charge in [0.2, 0.25) is 11.7 Å². The number of hydrogen-bond acceptors (Lipinski definition) is 4. The minimum Gasteiger partial charge on any atom is -0.344 e. The van der Waals surface area contributed by atoms with Gasteiger partial charge in [0.1, 0.15) is 11.5 Å². The smallest absolute Gasteiger partial charge is 0.291 e. The van der Waals surface area contributed by atoms with E-state index in [0.29, 0.717) is 28.1 Å². The Hall–Kier alpha value is -2.12. The number of nitrogens with one attached hydrogen (secondary N) is 1. The highest BCUT2D eigenvalue weighted by molar-refractivity contribution is 6.37. The van der Waals surface area contributed by atoms with E-state index >= 15 is 0 Å². The molecule has 2 heterocycles. The van der Waals surface area contributed by atoms with Crippen molar-refractivity contribution in [2.45, 2.75) is 32.2 Å². The van der Waals surface area contributed by atoms with E-state index in [-0.39, 0.29) is 30.1 Å². The Morgan fingerprint density at radius 1 is 1.31 bits per heavy atom. The number of benzene rings is 1. The van der Waals surface area contributed by atoms with Crippen LogP contribution in [0.3, 0.4) is 0 Å². The first-order valence-electron chi connectivity index (χ1n) is 8.24. The first kappa shape index (κ1) is 18.7. The van der Waals surface area contributed by atoms with Crippen molar-refractivity contribution in [1.29, 1.82) is 0 Å². The monoisotopic (exact) mass is 395 g/mol. The third-order valence-electron chi connectivity index (χ3n) is 4.18. The molecule has 1 aromatic carbocycles. The molecule has 1 saturated heterocycles. The number of para-hydroxylation sites is 1. The number of hydrogen-bond donors (Lipinski definition) is 1. The van der Waals surface area contributed by atoms with E-state index in [1.807, 2.05) is 13.8 Å². The van der Waals surface area contributed by atoms with Crippen LogP contribution in [0.1, 0.15) is 42.6 Å². The summed E-state index contributed by atoms with van der Waals surface area (Å²) in [4.78, 5) is 30.1. The van der Waals surface area contributed by atoms with Gasteiger partial charge in [-0.2, -0.15) is 0 Å². The van der Waals surface area contributed by atoms with Gasteiger partial charge in [-0.05, 0) is 12.1 Å². The van der Waals surface area contributed by atoms with Gasteiger partial charge in [-0.1, -0.05) is 43.1 Å². The Kier molecular flexibility index (Phi) is 5.20. The fourth-order valence-corrected chi connectivity index (χ4v) is 3.42. The summed E-state index contributed by atoms with van der Waals surface area (Å²) in [5.41, 5.74) is 0.488. The van der Waals surface area contributed by atoms with Crippen LogP contribution in [0.2, 0.25) is 10.0 Å². The quantitative estimate of drug-likeness (QED) is 0.862. The molecule has 0 spiro atoms. The van der Waals surface area contributed by atoms with Crippen molar-refractivity contribution in [3.63, 3.8) is 0 Å². The molecule has 1 aliphatic heterocycles. The average molecular weight is 396 g/mol. The number of aromatic nitrogens is 3. The van der Waals surface area contributed by atoms with Crippen LogP contribution in [-0.2, 0) is 4.79 Å². The summed E-state index contributed by atoms with van der Waals surface area (Å²) >= 11 is 12.6. The van der Waals surface area contributed by atoms with Crippen LogP contribution in [0.25, 0.3) is 5.69 Å². The third kappa shape index (κ3) is 3.54. The van der Waals surface area contributed by atoms with E-state index in [4.69, 9.17) is 23.2 Å². The first-order valence-corrected chi connectivity index (χ1v) is 8.99. The fraction of sp³-hybridized carbons (Fsp3) is 0.412. The van der Waals surface area contributed by atoms with Gasteiger partial charge in [0, 0.05) is 25.9 Å². The lowest BCUT2D eigenvalue weighted by Gasteiger charge is -2.11. The average Bonchev–Trinajstić information content (AvgIpc) is 3.12. The third-order valence-corrected chi connectivity index (χ3v) is 4.79. The highest BCUT2D eigenvalue weighted by Gasteiger charge is 2.30. The number of likely N-dealkylation sites (tertiary alicyclic amines) is 1. The molecular weight excluding hydrogens is 377 g/mol. The van der Waals surface area contributed by atoms with E-state index in [9.17, 15) is 9.59 Å². The van der Waals surface area contributed by atoms with Crippen LogP contribution in [0.15, 0.2) is 18.2 Å². The lowest BCUT2D eigenvalue weighted by atomic mass is 10.2. The predicted molar refractivity (Wildman–Crippen MR) is 99.0 cm³/mol. The van der Waals surface area contributed by atoms with Crippen LogP contribution in [0.5, 0.6) is 0 Å². The number of nitrogens with zero attached hydrogens (tertiary/aromatic N) is 4. The van der Waals surface area contributed by atoms with Gasteiger partial charge in [0.25, 0.3) is 5.91 Å². The summed E-state index contributed by atoms with van der Waals surface area (Å²) < 4.78 is 1.51. The highest BCUT2D eigenvalue weighted by atomic mass is 35.5. The Balaban J connectivity index is 1.93. The molecular formula is C17H19Cl2N5O2. The Morgan fingerprint density at radius 2 is 1.96 bits per heavy atom. The van der Waals surface area contributed by atoms with Gasteiger partial charge in [-0.15, -0.1) is 5.10 Å². The van der Waals surface area contributed by atoms with Gasteiger partial charge in [0.15, 0.2) is 0 Å².